The number of nitrogens with zero attached hydrogens (tertiary/aromatic N) is 1. The Balaban J connectivity index is 2.49. The molecule has 4 nitrogen and oxygen atoms in total. The lowest BCUT2D eigenvalue weighted by atomic mass is 9.91. The quantitative estimate of drug-likeness (QED) is 0.835. The van der Waals surface area contributed by atoms with Crippen molar-refractivity contribution in [3.63, 3.8) is 0 Å². The zero-order valence-electron chi connectivity index (χ0n) is 11.3. The predicted octanol–water partition coefficient (Wildman–Crippen LogP) is 2.46. The number of rotatable bonds is 2. The zero-order valence-corrected chi connectivity index (χ0v) is 12.1. The highest BCUT2D eigenvalue weighted by molar-refractivity contribution is 7.89. The van der Waals surface area contributed by atoms with Crippen LogP contribution in [0.2, 0.25) is 0 Å². The minimum atomic E-state index is -3.84. The number of hydrogen-bond donors (Lipinski definition) is 0. The maximum Gasteiger partial charge on any atom is 0.270 e. The van der Waals surface area contributed by atoms with E-state index >= 15 is 0 Å². The first-order chi connectivity index (χ1) is 8.66. The average Bonchev–Trinajstić information content (AvgIpc) is 2.48. The Kier molecular flexibility index (Phi) is 3.05. The Bertz CT molecular complexity index is 642. The maximum atomic E-state index is 12.5. The van der Waals surface area contributed by atoms with Gasteiger partial charge in [0.1, 0.15) is 0 Å². The zero-order chi connectivity index (χ0) is 14.4. The highest BCUT2D eigenvalue weighted by atomic mass is 32.2. The van der Waals surface area contributed by atoms with Crippen molar-refractivity contribution in [3.05, 3.63) is 42.1 Å². The third kappa shape index (κ3) is 2.18. The van der Waals surface area contributed by atoms with Crippen LogP contribution in [0, 0.1) is 12.3 Å². The number of benzene rings is 1. The molecule has 0 spiro atoms. The first kappa shape index (κ1) is 13.8. The molecule has 0 aliphatic carbocycles. The summed E-state index contributed by atoms with van der Waals surface area (Å²) in [6.45, 7) is 9.05. The number of carbonyl (C=O) groups is 1. The second-order valence-electron chi connectivity index (χ2n) is 5.51. The molecule has 1 amide bonds. The Labute approximate surface area is 113 Å². The topological polar surface area (TPSA) is 54.5 Å². The van der Waals surface area contributed by atoms with Crippen molar-refractivity contribution in [2.24, 2.45) is 5.41 Å². The standard InChI is InChI=1S/C14H17NO3S/c1-10-5-7-12(8-6-10)19(17,18)15-11(2)9-14(3,4)13(15)16/h5-8H,2,9H2,1,3-4H3. The van der Waals surface area contributed by atoms with Crippen LogP contribution in [0.5, 0.6) is 0 Å². The van der Waals surface area contributed by atoms with Gasteiger partial charge < -0.3 is 0 Å². The van der Waals surface area contributed by atoms with Crippen LogP contribution in [0.15, 0.2) is 41.4 Å². The summed E-state index contributed by atoms with van der Waals surface area (Å²) in [6, 6.07) is 6.44. The molecule has 1 fully saturated rings. The Morgan fingerprint density at radius 2 is 1.74 bits per heavy atom. The molecule has 102 valence electrons. The van der Waals surface area contributed by atoms with E-state index in [0.29, 0.717) is 12.1 Å². The van der Waals surface area contributed by atoms with E-state index in [1.165, 1.54) is 12.1 Å². The number of hydrogen-bond acceptors (Lipinski definition) is 3. The molecule has 0 radical (unpaired) electrons. The Hall–Kier alpha value is -1.62. The first-order valence-electron chi connectivity index (χ1n) is 6.00. The fourth-order valence-electron chi connectivity index (χ4n) is 2.17. The van der Waals surface area contributed by atoms with Crippen LogP contribution >= 0.6 is 0 Å². The van der Waals surface area contributed by atoms with Crippen molar-refractivity contribution in [1.82, 2.24) is 4.31 Å². The molecule has 1 aromatic carbocycles. The number of amides is 1. The molecule has 1 aromatic rings. The van der Waals surface area contributed by atoms with Gasteiger partial charge in [0, 0.05) is 12.1 Å². The van der Waals surface area contributed by atoms with Crippen molar-refractivity contribution in [2.75, 3.05) is 0 Å². The monoisotopic (exact) mass is 279 g/mol. The fraction of sp³-hybridized carbons (Fsp3) is 0.357. The van der Waals surface area contributed by atoms with E-state index in [2.05, 4.69) is 6.58 Å². The number of carbonyl (C=O) groups excluding carboxylic acids is 1. The molecule has 2 rings (SSSR count). The molecule has 0 bridgehead atoms. The van der Waals surface area contributed by atoms with Crippen molar-refractivity contribution >= 4 is 15.9 Å². The molecule has 0 aromatic heterocycles. The highest BCUT2D eigenvalue weighted by Gasteiger charge is 2.47. The summed E-state index contributed by atoms with van der Waals surface area (Å²) in [4.78, 5) is 12.3. The number of aryl methyl sites for hydroxylation is 1. The predicted molar refractivity (Wildman–Crippen MR) is 72.7 cm³/mol. The summed E-state index contributed by atoms with van der Waals surface area (Å²) in [7, 11) is -3.84. The highest BCUT2D eigenvalue weighted by Crippen LogP contribution is 2.40. The largest absolute Gasteiger partial charge is 0.273 e. The van der Waals surface area contributed by atoms with Gasteiger partial charge in [-0.2, -0.15) is 0 Å². The van der Waals surface area contributed by atoms with Gasteiger partial charge in [-0.15, -0.1) is 0 Å². The van der Waals surface area contributed by atoms with E-state index in [0.717, 1.165) is 9.87 Å². The Morgan fingerprint density at radius 1 is 1.21 bits per heavy atom. The van der Waals surface area contributed by atoms with Gasteiger partial charge in [0.25, 0.3) is 10.0 Å². The van der Waals surface area contributed by atoms with Crippen molar-refractivity contribution in [2.45, 2.75) is 32.1 Å². The van der Waals surface area contributed by atoms with Crippen molar-refractivity contribution in [3.8, 4) is 0 Å². The first-order valence-corrected chi connectivity index (χ1v) is 7.44. The SMILES string of the molecule is C=C1CC(C)(C)C(=O)N1S(=O)(=O)c1ccc(C)cc1. The lowest BCUT2D eigenvalue weighted by molar-refractivity contribution is -0.130. The molecule has 19 heavy (non-hydrogen) atoms. The van der Waals surface area contributed by atoms with Gasteiger partial charge in [0.2, 0.25) is 5.91 Å². The molecule has 5 heteroatoms. The minimum Gasteiger partial charge on any atom is -0.273 e. The van der Waals surface area contributed by atoms with E-state index in [1.54, 1.807) is 26.0 Å². The summed E-state index contributed by atoms with van der Waals surface area (Å²) in [5.74, 6) is -0.418. The second kappa shape index (κ2) is 4.20. The van der Waals surface area contributed by atoms with Gasteiger partial charge in [0.15, 0.2) is 0 Å². The van der Waals surface area contributed by atoms with Gasteiger partial charge in [-0.05, 0) is 19.1 Å². The van der Waals surface area contributed by atoms with E-state index in [-0.39, 0.29) is 4.90 Å². The number of sulfonamides is 1. The van der Waals surface area contributed by atoms with E-state index in [4.69, 9.17) is 0 Å². The average molecular weight is 279 g/mol. The van der Waals surface area contributed by atoms with Gasteiger partial charge in [-0.1, -0.05) is 38.1 Å². The van der Waals surface area contributed by atoms with Crippen LogP contribution in [-0.2, 0) is 14.8 Å². The van der Waals surface area contributed by atoms with Gasteiger partial charge >= 0.3 is 0 Å². The molecule has 0 atom stereocenters. The molecule has 0 unspecified atom stereocenters. The van der Waals surface area contributed by atoms with Crippen LogP contribution < -0.4 is 0 Å². The molecule has 1 aliphatic rings. The van der Waals surface area contributed by atoms with Crippen LogP contribution in [0.3, 0.4) is 0 Å². The molecular formula is C14H17NO3S. The fourth-order valence-corrected chi connectivity index (χ4v) is 3.73. The normalized spacial score (nSPS) is 19.0. The lowest BCUT2D eigenvalue weighted by Gasteiger charge is -2.19. The van der Waals surface area contributed by atoms with E-state index < -0.39 is 21.3 Å². The van der Waals surface area contributed by atoms with Crippen LogP contribution in [0.1, 0.15) is 25.8 Å². The van der Waals surface area contributed by atoms with E-state index in [9.17, 15) is 13.2 Å². The van der Waals surface area contributed by atoms with E-state index in [1.807, 2.05) is 6.92 Å². The third-order valence-corrected chi connectivity index (χ3v) is 5.03. The summed E-state index contributed by atoms with van der Waals surface area (Å²) in [5.41, 5.74) is 0.580. The summed E-state index contributed by atoms with van der Waals surface area (Å²) in [5, 5.41) is 0. The minimum absolute atomic E-state index is 0.116. The van der Waals surface area contributed by atoms with Gasteiger partial charge in [0.05, 0.1) is 10.3 Å². The maximum absolute atomic E-state index is 12.5. The van der Waals surface area contributed by atoms with Crippen LogP contribution in [0.4, 0.5) is 0 Å². The second-order valence-corrected chi connectivity index (χ2v) is 7.30. The van der Waals surface area contributed by atoms with Crippen LogP contribution in [-0.4, -0.2) is 18.6 Å². The van der Waals surface area contributed by atoms with Crippen molar-refractivity contribution in [1.29, 1.82) is 0 Å². The molecule has 1 saturated heterocycles. The van der Waals surface area contributed by atoms with Crippen molar-refractivity contribution < 1.29 is 13.2 Å². The van der Waals surface area contributed by atoms with Crippen LogP contribution in [0.25, 0.3) is 0 Å². The summed E-state index contributed by atoms with van der Waals surface area (Å²) >= 11 is 0. The molecular weight excluding hydrogens is 262 g/mol. The molecule has 0 N–H and O–H groups in total. The lowest BCUT2D eigenvalue weighted by Crippen LogP contribution is -2.35. The Morgan fingerprint density at radius 3 is 2.16 bits per heavy atom. The summed E-state index contributed by atoms with van der Waals surface area (Å²) in [6.07, 6.45) is 0.358. The molecule has 1 aliphatic heterocycles. The number of allylic oxidation sites excluding steroid dienone is 1. The summed E-state index contributed by atoms with van der Waals surface area (Å²) < 4.78 is 25.8. The van der Waals surface area contributed by atoms with Gasteiger partial charge in [-0.3, -0.25) is 4.79 Å². The molecule has 0 saturated carbocycles. The van der Waals surface area contributed by atoms with Gasteiger partial charge in [-0.25, -0.2) is 12.7 Å². The third-order valence-electron chi connectivity index (χ3n) is 3.26. The smallest absolute Gasteiger partial charge is 0.270 e. The molecule has 1 heterocycles.